The average molecular weight is 905 g/mol. The summed E-state index contributed by atoms with van der Waals surface area (Å²) in [6.45, 7) is 11.6. The van der Waals surface area contributed by atoms with Crippen molar-refractivity contribution in [3.05, 3.63) is 83.9 Å². The fraction of sp³-hybridized carbons (Fsp3) is 0.489. The fourth-order valence-electron chi connectivity index (χ4n) is 7.11. The van der Waals surface area contributed by atoms with Gasteiger partial charge in [0.15, 0.2) is 6.10 Å². The van der Waals surface area contributed by atoms with E-state index < -0.39 is 127 Å². The van der Waals surface area contributed by atoms with E-state index in [1.807, 2.05) is 32.0 Å². The molecule has 0 aromatic heterocycles. The Labute approximate surface area is 378 Å². The minimum atomic E-state index is -1.56. The summed E-state index contributed by atoms with van der Waals surface area (Å²) in [6, 6.07) is 13.4. The van der Waals surface area contributed by atoms with E-state index in [0.29, 0.717) is 16.5 Å². The highest BCUT2D eigenvalue weighted by Crippen LogP contribution is 2.25. The van der Waals surface area contributed by atoms with Gasteiger partial charge >= 0.3 is 11.9 Å². The second kappa shape index (κ2) is 25.2. The third-order valence-electron chi connectivity index (χ3n) is 10.7. The highest BCUT2D eigenvalue weighted by molar-refractivity contribution is 5.96. The fourth-order valence-corrected chi connectivity index (χ4v) is 7.11. The van der Waals surface area contributed by atoms with Gasteiger partial charge in [-0.3, -0.25) is 33.6 Å². The number of carbonyl (C=O) groups excluding carboxylic acids is 6. The van der Waals surface area contributed by atoms with Crippen LogP contribution in [-0.4, -0.2) is 110 Å². The van der Waals surface area contributed by atoms with E-state index in [1.165, 1.54) is 6.92 Å². The molecule has 354 valence electrons. The van der Waals surface area contributed by atoms with Crippen LogP contribution in [0.2, 0.25) is 0 Å². The lowest BCUT2D eigenvalue weighted by atomic mass is 9.95. The van der Waals surface area contributed by atoms with Crippen molar-refractivity contribution in [1.82, 2.24) is 31.9 Å². The molecule has 1 unspecified atom stereocenters. The quantitative estimate of drug-likeness (QED) is 0.0585. The molecule has 3 aromatic rings. The average Bonchev–Trinajstić information content (AvgIpc) is 3.24. The van der Waals surface area contributed by atoms with Crippen LogP contribution in [0, 0.1) is 17.8 Å². The summed E-state index contributed by atoms with van der Waals surface area (Å²) in [6.07, 6.45) is -4.26. The lowest BCUT2D eigenvalue weighted by Crippen LogP contribution is -2.60. The molecule has 3 rings (SSSR count). The minimum Gasteiger partial charge on any atom is -0.481 e. The Balaban J connectivity index is 1.65. The zero-order valence-corrected chi connectivity index (χ0v) is 37.9. The molecule has 65 heavy (non-hydrogen) atoms. The maximum atomic E-state index is 13.7. The van der Waals surface area contributed by atoms with Crippen molar-refractivity contribution in [1.29, 1.82) is 0 Å². The maximum absolute atomic E-state index is 13.7. The van der Waals surface area contributed by atoms with Gasteiger partial charge in [-0.2, -0.15) is 0 Å². The molecule has 0 heterocycles. The SMILES string of the molecule is CC(C)C[C@H](NC(=O)C(O)c1cccc2ccccc12)[C@@H](O)CC(=O)N[C@H](C(=O)N[C@H](C(=O)N[C@@H](C)C(=O)N[C@@H](CCC(=O)O)C(=O)N[C@@H](Cc1ccccc1)C(=O)O)C(C)C)C(C)C. The van der Waals surface area contributed by atoms with Crippen LogP contribution >= 0.6 is 0 Å². The van der Waals surface area contributed by atoms with Crippen molar-refractivity contribution in [3.63, 3.8) is 0 Å². The predicted molar refractivity (Wildman–Crippen MR) is 241 cm³/mol. The van der Waals surface area contributed by atoms with Gasteiger partial charge in [-0.1, -0.05) is 114 Å². The third kappa shape index (κ3) is 16.6. The van der Waals surface area contributed by atoms with Gasteiger partial charge in [0, 0.05) is 12.8 Å². The molecule has 0 aliphatic carbocycles. The standard InChI is InChI=1S/C47H64N6O12/c1-25(2)22-34(50-46(63)41(58)32-19-13-17-30-16-11-12-18-31(30)32)36(54)24-37(55)52-39(26(3)4)45(62)53-40(27(5)6)44(61)48-28(7)42(59)49-33(20-21-38(56)57)43(60)51-35(47(64)65)23-29-14-9-8-10-15-29/h8-19,25-28,33-36,39-41,54,58H,20-24H2,1-7H3,(H,48,61)(H,49,59)(H,50,63)(H,51,60)(H,52,55)(H,53,62)(H,56,57)(H,64,65)/t28-,33-,34-,35-,36-,39-,40-,41?/m0/s1. The number of rotatable bonds is 25. The van der Waals surface area contributed by atoms with Crippen LogP contribution in [-0.2, 0) is 44.8 Å². The van der Waals surface area contributed by atoms with E-state index in [9.17, 15) is 58.8 Å². The van der Waals surface area contributed by atoms with E-state index in [2.05, 4.69) is 31.9 Å². The second-order valence-corrected chi connectivity index (χ2v) is 17.3. The zero-order valence-electron chi connectivity index (χ0n) is 37.9. The summed E-state index contributed by atoms with van der Waals surface area (Å²) >= 11 is 0. The number of hydrogen-bond donors (Lipinski definition) is 10. The highest BCUT2D eigenvalue weighted by Gasteiger charge is 2.35. The number of carboxylic acid groups (broad SMARTS) is 2. The van der Waals surface area contributed by atoms with Gasteiger partial charge < -0.3 is 52.3 Å². The van der Waals surface area contributed by atoms with Crippen molar-refractivity contribution >= 4 is 58.2 Å². The third-order valence-corrected chi connectivity index (χ3v) is 10.7. The Morgan fingerprint density at radius 2 is 1.14 bits per heavy atom. The first kappa shape index (κ1) is 52.9. The Morgan fingerprint density at radius 3 is 1.74 bits per heavy atom. The number of aliphatic hydroxyl groups is 2. The minimum absolute atomic E-state index is 0.0330. The van der Waals surface area contributed by atoms with Crippen LogP contribution in [0.1, 0.15) is 91.4 Å². The molecule has 18 nitrogen and oxygen atoms in total. The molecule has 0 aliphatic rings. The largest absolute Gasteiger partial charge is 0.481 e. The second-order valence-electron chi connectivity index (χ2n) is 17.3. The Bertz CT molecular complexity index is 2130. The van der Waals surface area contributed by atoms with E-state index >= 15 is 0 Å². The highest BCUT2D eigenvalue weighted by atomic mass is 16.4. The van der Waals surface area contributed by atoms with Crippen LogP contribution in [0.25, 0.3) is 10.8 Å². The van der Waals surface area contributed by atoms with Crippen molar-refractivity contribution in [2.75, 3.05) is 0 Å². The van der Waals surface area contributed by atoms with Gasteiger partial charge in [0.2, 0.25) is 29.5 Å². The lowest BCUT2D eigenvalue weighted by molar-refractivity contribution is -0.143. The molecule has 0 radical (unpaired) electrons. The van der Waals surface area contributed by atoms with E-state index in [4.69, 9.17) is 0 Å². The molecule has 0 spiro atoms. The number of hydrogen-bond acceptors (Lipinski definition) is 10. The van der Waals surface area contributed by atoms with Gasteiger partial charge in [0.1, 0.15) is 30.2 Å². The smallest absolute Gasteiger partial charge is 0.326 e. The molecule has 8 atom stereocenters. The summed E-state index contributed by atoms with van der Waals surface area (Å²) in [4.78, 5) is 104. The number of nitrogens with one attached hydrogen (secondary N) is 6. The predicted octanol–water partition coefficient (Wildman–Crippen LogP) is 2.10. The molecule has 18 heteroatoms. The number of amides is 6. The van der Waals surface area contributed by atoms with Gasteiger partial charge in [-0.15, -0.1) is 0 Å². The van der Waals surface area contributed by atoms with Gasteiger partial charge in [0.05, 0.1) is 18.6 Å². The van der Waals surface area contributed by atoms with Crippen LogP contribution in [0.3, 0.4) is 0 Å². The number of carbonyl (C=O) groups is 8. The zero-order chi connectivity index (χ0) is 48.5. The van der Waals surface area contributed by atoms with E-state index in [0.717, 1.165) is 5.39 Å². The number of fused-ring (bicyclic) bond motifs is 1. The number of carboxylic acids is 2. The topological polar surface area (TPSA) is 290 Å². The Kier molecular flexibility index (Phi) is 20.5. The number of aliphatic carboxylic acids is 2. The molecular weight excluding hydrogens is 841 g/mol. The molecule has 0 saturated carbocycles. The molecular formula is C47H64N6O12. The molecule has 0 saturated heterocycles. The van der Waals surface area contributed by atoms with E-state index in [1.54, 1.807) is 82.3 Å². The molecule has 0 bridgehead atoms. The molecule has 10 N–H and O–H groups in total. The lowest BCUT2D eigenvalue weighted by Gasteiger charge is -2.29. The van der Waals surface area contributed by atoms with Gasteiger partial charge in [-0.25, -0.2) is 4.79 Å². The first-order chi connectivity index (χ1) is 30.6. The normalized spacial score (nSPS) is 15.1. The first-order valence-corrected chi connectivity index (χ1v) is 21.7. The van der Waals surface area contributed by atoms with Crippen molar-refractivity contribution in [2.24, 2.45) is 17.8 Å². The summed E-state index contributed by atoms with van der Waals surface area (Å²) in [5, 5.41) is 58.1. The van der Waals surface area contributed by atoms with Gasteiger partial charge in [0.25, 0.3) is 5.91 Å². The summed E-state index contributed by atoms with van der Waals surface area (Å²) in [5.41, 5.74) is 0.987. The van der Waals surface area contributed by atoms with Crippen LogP contribution in [0.5, 0.6) is 0 Å². The Hall–Kier alpha value is -6.40. The monoisotopic (exact) mass is 904 g/mol. The maximum Gasteiger partial charge on any atom is 0.326 e. The van der Waals surface area contributed by atoms with Gasteiger partial charge in [-0.05, 0) is 59.4 Å². The molecule has 3 aromatic carbocycles. The van der Waals surface area contributed by atoms with E-state index in [-0.39, 0.29) is 18.8 Å². The Morgan fingerprint density at radius 1 is 0.569 bits per heavy atom. The van der Waals surface area contributed by atoms with Crippen LogP contribution < -0.4 is 31.9 Å². The number of aliphatic hydroxyl groups excluding tert-OH is 2. The molecule has 0 aliphatic heterocycles. The van der Waals surface area contributed by atoms with Crippen LogP contribution in [0.15, 0.2) is 72.8 Å². The number of benzene rings is 3. The molecule has 6 amide bonds. The summed E-state index contributed by atoms with van der Waals surface area (Å²) in [7, 11) is 0. The summed E-state index contributed by atoms with van der Waals surface area (Å²) < 4.78 is 0. The van der Waals surface area contributed by atoms with Crippen molar-refractivity contribution < 1.29 is 58.8 Å². The molecule has 0 fully saturated rings. The van der Waals surface area contributed by atoms with Crippen molar-refractivity contribution in [2.45, 2.75) is 129 Å². The first-order valence-electron chi connectivity index (χ1n) is 21.7. The van der Waals surface area contributed by atoms with Crippen LogP contribution in [0.4, 0.5) is 0 Å². The van der Waals surface area contributed by atoms with Crippen molar-refractivity contribution in [3.8, 4) is 0 Å². The summed E-state index contributed by atoms with van der Waals surface area (Å²) in [5.74, 6) is -8.58.